The molecule has 0 bridgehead atoms. The van der Waals surface area contributed by atoms with Crippen LogP contribution in [0.2, 0.25) is 0 Å². The summed E-state index contributed by atoms with van der Waals surface area (Å²) in [6, 6.07) is 4.12. The summed E-state index contributed by atoms with van der Waals surface area (Å²) in [4.78, 5) is 0.0429. The van der Waals surface area contributed by atoms with Gasteiger partial charge in [0.05, 0.1) is 4.90 Å². The van der Waals surface area contributed by atoms with Gasteiger partial charge in [0.15, 0.2) is 0 Å². The number of piperidine rings is 1. The summed E-state index contributed by atoms with van der Waals surface area (Å²) in [6.07, 6.45) is 1.96. The third-order valence-electron chi connectivity index (χ3n) is 4.05. The summed E-state index contributed by atoms with van der Waals surface area (Å²) in [5, 5.41) is 3.27. The van der Waals surface area contributed by atoms with Crippen LogP contribution in [0.5, 0.6) is 0 Å². The van der Waals surface area contributed by atoms with Gasteiger partial charge in [0.2, 0.25) is 10.0 Å². The summed E-state index contributed by atoms with van der Waals surface area (Å²) in [6.45, 7) is 6.22. The van der Waals surface area contributed by atoms with E-state index in [-0.39, 0.29) is 4.90 Å². The molecule has 1 aliphatic rings. The van der Waals surface area contributed by atoms with Crippen LogP contribution in [0.15, 0.2) is 23.1 Å². The Morgan fingerprint density at radius 3 is 2.57 bits per heavy atom. The Morgan fingerprint density at radius 2 is 2.00 bits per heavy atom. The summed E-state index contributed by atoms with van der Waals surface area (Å²) in [5.41, 5.74) is 0.454. The molecule has 1 aliphatic heterocycles. The SMILES string of the molecule is CCN(CC1CCNCC1)S(=O)(=O)c1ccc(C)c(F)c1. The molecule has 0 aliphatic carbocycles. The highest BCUT2D eigenvalue weighted by atomic mass is 32.2. The number of aryl methyl sites for hydroxylation is 1. The molecule has 1 saturated heterocycles. The zero-order chi connectivity index (χ0) is 15.5. The number of nitrogens with one attached hydrogen (secondary N) is 1. The molecule has 0 spiro atoms. The highest BCUT2D eigenvalue weighted by Gasteiger charge is 2.27. The molecule has 0 amide bonds. The second kappa shape index (κ2) is 6.85. The number of halogens is 1. The summed E-state index contributed by atoms with van der Waals surface area (Å²) in [7, 11) is -3.62. The number of nitrogens with zero attached hydrogens (tertiary/aromatic N) is 1. The van der Waals surface area contributed by atoms with Crippen LogP contribution in [0.3, 0.4) is 0 Å². The van der Waals surface area contributed by atoms with Crippen molar-refractivity contribution in [3.8, 4) is 0 Å². The van der Waals surface area contributed by atoms with Crippen LogP contribution >= 0.6 is 0 Å². The average Bonchev–Trinajstić information content (AvgIpc) is 2.48. The lowest BCUT2D eigenvalue weighted by molar-refractivity contribution is 0.294. The summed E-state index contributed by atoms with van der Waals surface area (Å²) < 4.78 is 40.4. The van der Waals surface area contributed by atoms with Gasteiger partial charge in [0.25, 0.3) is 0 Å². The van der Waals surface area contributed by atoms with Crippen LogP contribution in [0.1, 0.15) is 25.3 Å². The Hall–Kier alpha value is -0.980. The van der Waals surface area contributed by atoms with Gasteiger partial charge in [-0.05, 0) is 56.5 Å². The van der Waals surface area contributed by atoms with E-state index in [1.54, 1.807) is 6.92 Å². The molecule has 6 heteroatoms. The van der Waals surface area contributed by atoms with Gasteiger partial charge in [-0.15, -0.1) is 0 Å². The first kappa shape index (κ1) is 16.4. The van der Waals surface area contributed by atoms with Crippen molar-refractivity contribution in [2.24, 2.45) is 5.92 Å². The number of benzene rings is 1. The number of rotatable bonds is 5. The topological polar surface area (TPSA) is 49.4 Å². The molecule has 21 heavy (non-hydrogen) atoms. The van der Waals surface area contributed by atoms with Crippen LogP contribution in [-0.4, -0.2) is 38.9 Å². The molecule has 2 rings (SSSR count). The molecule has 1 fully saturated rings. The van der Waals surface area contributed by atoms with Crippen molar-refractivity contribution < 1.29 is 12.8 Å². The molecule has 0 aromatic heterocycles. The quantitative estimate of drug-likeness (QED) is 0.906. The molecule has 118 valence electrons. The Morgan fingerprint density at radius 1 is 1.33 bits per heavy atom. The smallest absolute Gasteiger partial charge is 0.243 e. The number of hydrogen-bond acceptors (Lipinski definition) is 3. The van der Waals surface area contributed by atoms with Crippen molar-refractivity contribution in [3.05, 3.63) is 29.6 Å². The van der Waals surface area contributed by atoms with Crippen LogP contribution in [-0.2, 0) is 10.0 Å². The van der Waals surface area contributed by atoms with E-state index < -0.39 is 15.8 Å². The lowest BCUT2D eigenvalue weighted by atomic mass is 9.98. The van der Waals surface area contributed by atoms with E-state index in [9.17, 15) is 12.8 Å². The molecule has 0 saturated carbocycles. The van der Waals surface area contributed by atoms with Crippen molar-refractivity contribution >= 4 is 10.0 Å². The average molecular weight is 314 g/mol. The van der Waals surface area contributed by atoms with E-state index in [0.29, 0.717) is 24.6 Å². The lowest BCUT2D eigenvalue weighted by Gasteiger charge is -2.28. The Labute approximate surface area is 126 Å². The minimum absolute atomic E-state index is 0.0429. The fraction of sp³-hybridized carbons (Fsp3) is 0.600. The highest BCUT2D eigenvalue weighted by Crippen LogP contribution is 2.22. The lowest BCUT2D eigenvalue weighted by Crippen LogP contribution is -2.39. The summed E-state index contributed by atoms with van der Waals surface area (Å²) >= 11 is 0. The van der Waals surface area contributed by atoms with Gasteiger partial charge < -0.3 is 5.32 Å². The third-order valence-corrected chi connectivity index (χ3v) is 5.99. The third kappa shape index (κ3) is 3.81. The van der Waals surface area contributed by atoms with Gasteiger partial charge in [-0.1, -0.05) is 13.0 Å². The Kier molecular flexibility index (Phi) is 5.35. The Bertz CT molecular complexity index is 583. The predicted octanol–water partition coefficient (Wildman–Crippen LogP) is 2.14. The molecule has 1 aromatic carbocycles. The zero-order valence-corrected chi connectivity index (χ0v) is 13.4. The van der Waals surface area contributed by atoms with E-state index in [4.69, 9.17) is 0 Å². The van der Waals surface area contributed by atoms with Crippen molar-refractivity contribution in [2.45, 2.75) is 31.6 Å². The number of sulfonamides is 1. The molecule has 1 N–H and O–H groups in total. The van der Waals surface area contributed by atoms with E-state index in [1.165, 1.54) is 16.4 Å². The van der Waals surface area contributed by atoms with Crippen molar-refractivity contribution in [1.82, 2.24) is 9.62 Å². The van der Waals surface area contributed by atoms with E-state index in [1.807, 2.05) is 6.92 Å². The van der Waals surface area contributed by atoms with Gasteiger partial charge in [-0.3, -0.25) is 0 Å². The predicted molar refractivity (Wildman–Crippen MR) is 81.2 cm³/mol. The van der Waals surface area contributed by atoms with Crippen LogP contribution in [0.25, 0.3) is 0 Å². The molecular weight excluding hydrogens is 291 g/mol. The fourth-order valence-electron chi connectivity index (χ4n) is 2.63. The zero-order valence-electron chi connectivity index (χ0n) is 12.6. The highest BCUT2D eigenvalue weighted by molar-refractivity contribution is 7.89. The normalized spacial score (nSPS) is 17.3. The fourth-order valence-corrected chi connectivity index (χ4v) is 4.17. The molecule has 0 radical (unpaired) electrons. The van der Waals surface area contributed by atoms with Crippen molar-refractivity contribution in [3.63, 3.8) is 0 Å². The minimum Gasteiger partial charge on any atom is -0.317 e. The minimum atomic E-state index is -3.62. The van der Waals surface area contributed by atoms with E-state index >= 15 is 0 Å². The molecule has 0 atom stereocenters. The molecule has 1 aromatic rings. The second-order valence-electron chi connectivity index (χ2n) is 5.56. The second-order valence-corrected chi connectivity index (χ2v) is 7.50. The maximum atomic E-state index is 13.6. The van der Waals surface area contributed by atoms with Gasteiger partial charge in [-0.2, -0.15) is 4.31 Å². The molecule has 0 unspecified atom stereocenters. The first-order chi connectivity index (χ1) is 9.95. The maximum Gasteiger partial charge on any atom is 0.243 e. The number of hydrogen-bond donors (Lipinski definition) is 1. The Balaban J connectivity index is 2.19. The van der Waals surface area contributed by atoms with E-state index in [2.05, 4.69) is 5.32 Å². The van der Waals surface area contributed by atoms with Gasteiger partial charge >= 0.3 is 0 Å². The first-order valence-electron chi connectivity index (χ1n) is 7.42. The van der Waals surface area contributed by atoms with E-state index in [0.717, 1.165) is 32.0 Å². The van der Waals surface area contributed by atoms with Crippen molar-refractivity contribution in [2.75, 3.05) is 26.2 Å². The van der Waals surface area contributed by atoms with Gasteiger partial charge in [0.1, 0.15) is 5.82 Å². The first-order valence-corrected chi connectivity index (χ1v) is 8.86. The van der Waals surface area contributed by atoms with Gasteiger partial charge in [-0.25, -0.2) is 12.8 Å². The molecule has 4 nitrogen and oxygen atoms in total. The largest absolute Gasteiger partial charge is 0.317 e. The maximum absolute atomic E-state index is 13.6. The summed E-state index contributed by atoms with van der Waals surface area (Å²) in [5.74, 6) is -0.106. The molecular formula is C15H23FN2O2S. The van der Waals surface area contributed by atoms with Crippen LogP contribution in [0, 0.1) is 18.7 Å². The van der Waals surface area contributed by atoms with Crippen molar-refractivity contribution in [1.29, 1.82) is 0 Å². The molecule has 1 heterocycles. The monoisotopic (exact) mass is 314 g/mol. The standard InChI is InChI=1S/C15H23FN2O2S/c1-3-18(11-13-6-8-17-9-7-13)21(19,20)14-5-4-12(2)15(16)10-14/h4-5,10,13,17H,3,6-9,11H2,1-2H3. The van der Waals surface area contributed by atoms with Crippen LogP contribution < -0.4 is 5.32 Å². The van der Waals surface area contributed by atoms with Crippen LogP contribution in [0.4, 0.5) is 4.39 Å². The van der Waals surface area contributed by atoms with Gasteiger partial charge in [0, 0.05) is 13.1 Å².